The first-order valence-electron chi connectivity index (χ1n) is 6.33. The molecule has 2 heterocycles. The second kappa shape index (κ2) is 6.35. The van der Waals surface area contributed by atoms with Crippen molar-refractivity contribution >= 4 is 27.3 Å². The minimum atomic E-state index is 0.872. The smallest absolute Gasteiger partial charge is 0.0701 e. The number of H-pyrrole nitrogens is 1. The van der Waals surface area contributed by atoms with Crippen LogP contribution in [-0.4, -0.2) is 10.2 Å². The zero-order chi connectivity index (χ0) is 13.8. The maximum Gasteiger partial charge on any atom is 0.0701 e. The van der Waals surface area contributed by atoms with Crippen LogP contribution in [0.1, 0.15) is 11.1 Å². The Morgan fingerprint density at radius 2 is 1.90 bits per heavy atom. The van der Waals surface area contributed by atoms with E-state index in [9.17, 15) is 0 Å². The Hall–Kier alpha value is -1.43. The molecule has 2 N–H and O–H groups in total. The number of hydrogen-bond acceptors (Lipinski definition) is 3. The quantitative estimate of drug-likeness (QED) is 0.726. The topological polar surface area (TPSA) is 40.7 Å². The molecule has 20 heavy (non-hydrogen) atoms. The van der Waals surface area contributed by atoms with E-state index in [1.54, 1.807) is 17.5 Å². The number of aromatic nitrogens is 2. The highest BCUT2D eigenvalue weighted by molar-refractivity contribution is 9.11. The molecule has 2 aromatic heterocycles. The molecule has 0 aliphatic heterocycles. The van der Waals surface area contributed by atoms with Crippen molar-refractivity contribution in [1.82, 2.24) is 15.5 Å². The number of thiophene rings is 1. The van der Waals surface area contributed by atoms with Gasteiger partial charge in [0.05, 0.1) is 9.48 Å². The number of halogens is 1. The normalized spacial score (nSPS) is 10.8. The molecule has 0 saturated heterocycles. The Labute approximate surface area is 130 Å². The Bertz CT molecular complexity index is 659. The molecule has 102 valence electrons. The van der Waals surface area contributed by atoms with Gasteiger partial charge in [0.2, 0.25) is 0 Å². The first kappa shape index (κ1) is 13.5. The van der Waals surface area contributed by atoms with E-state index in [0.29, 0.717) is 0 Å². The van der Waals surface area contributed by atoms with Gasteiger partial charge in [-0.1, -0.05) is 24.3 Å². The third kappa shape index (κ3) is 3.36. The number of aromatic amines is 1. The molecule has 3 nitrogen and oxygen atoms in total. The van der Waals surface area contributed by atoms with Crippen molar-refractivity contribution in [2.24, 2.45) is 0 Å². The second-order valence-electron chi connectivity index (χ2n) is 4.53. The Morgan fingerprint density at radius 1 is 1.10 bits per heavy atom. The zero-order valence-corrected chi connectivity index (χ0v) is 13.2. The predicted octanol–water partition coefficient (Wildman–Crippen LogP) is 4.19. The van der Waals surface area contributed by atoms with Crippen molar-refractivity contribution in [3.63, 3.8) is 0 Å². The van der Waals surface area contributed by atoms with Crippen molar-refractivity contribution in [3.05, 3.63) is 62.9 Å². The lowest BCUT2D eigenvalue weighted by molar-refractivity contribution is 0.695. The van der Waals surface area contributed by atoms with Crippen LogP contribution in [0.15, 0.2) is 51.8 Å². The standard InChI is InChI=1S/C15H14BrN3S/c16-15-7-12(10-20-15)9-17-8-11-1-3-13(4-2-11)14-5-6-18-19-14/h1-7,10,17H,8-9H2,(H,18,19). The minimum absolute atomic E-state index is 0.872. The summed E-state index contributed by atoms with van der Waals surface area (Å²) in [5.74, 6) is 0. The van der Waals surface area contributed by atoms with Crippen molar-refractivity contribution < 1.29 is 0 Å². The van der Waals surface area contributed by atoms with Crippen LogP contribution in [-0.2, 0) is 13.1 Å². The molecule has 0 unspecified atom stereocenters. The van der Waals surface area contributed by atoms with Gasteiger partial charge in [0, 0.05) is 19.3 Å². The molecule has 0 fully saturated rings. The van der Waals surface area contributed by atoms with Crippen LogP contribution in [0, 0.1) is 0 Å². The molecule has 3 rings (SSSR count). The number of hydrogen-bond donors (Lipinski definition) is 2. The third-order valence-corrected chi connectivity index (χ3v) is 4.60. The third-order valence-electron chi connectivity index (χ3n) is 3.05. The number of nitrogens with zero attached hydrogens (tertiary/aromatic N) is 1. The fourth-order valence-electron chi connectivity index (χ4n) is 2.01. The van der Waals surface area contributed by atoms with Crippen LogP contribution in [0.4, 0.5) is 0 Å². The molecule has 1 aromatic carbocycles. The Balaban J connectivity index is 1.56. The Morgan fingerprint density at radius 3 is 2.55 bits per heavy atom. The van der Waals surface area contributed by atoms with Gasteiger partial charge >= 0.3 is 0 Å². The van der Waals surface area contributed by atoms with Gasteiger partial charge < -0.3 is 5.32 Å². The number of rotatable bonds is 5. The van der Waals surface area contributed by atoms with Crippen LogP contribution < -0.4 is 5.32 Å². The highest BCUT2D eigenvalue weighted by Crippen LogP contribution is 2.20. The lowest BCUT2D eigenvalue weighted by Crippen LogP contribution is -2.11. The highest BCUT2D eigenvalue weighted by atomic mass is 79.9. The van der Waals surface area contributed by atoms with Gasteiger partial charge in [0.1, 0.15) is 0 Å². The molecular weight excluding hydrogens is 334 g/mol. The largest absolute Gasteiger partial charge is 0.309 e. The predicted molar refractivity (Wildman–Crippen MR) is 86.6 cm³/mol. The van der Waals surface area contributed by atoms with Crippen LogP contribution in [0.25, 0.3) is 11.3 Å². The summed E-state index contributed by atoms with van der Waals surface area (Å²) in [6, 6.07) is 12.7. The summed E-state index contributed by atoms with van der Waals surface area (Å²) < 4.78 is 1.18. The summed E-state index contributed by atoms with van der Waals surface area (Å²) in [6.07, 6.45) is 1.77. The SMILES string of the molecule is Brc1cc(CNCc2ccc(-c3ccn[nH]3)cc2)cs1. The maximum atomic E-state index is 3.97. The van der Waals surface area contributed by atoms with E-state index in [2.05, 4.69) is 67.2 Å². The van der Waals surface area contributed by atoms with Gasteiger partial charge in [-0.2, -0.15) is 5.10 Å². The summed E-state index contributed by atoms with van der Waals surface area (Å²) in [4.78, 5) is 0. The number of nitrogens with one attached hydrogen (secondary N) is 2. The first-order chi connectivity index (χ1) is 9.81. The summed E-state index contributed by atoms with van der Waals surface area (Å²) >= 11 is 5.20. The lowest BCUT2D eigenvalue weighted by atomic mass is 10.1. The molecule has 0 radical (unpaired) electrons. The number of benzene rings is 1. The molecule has 0 aliphatic carbocycles. The molecule has 0 spiro atoms. The fraction of sp³-hybridized carbons (Fsp3) is 0.133. The van der Waals surface area contributed by atoms with E-state index in [1.165, 1.54) is 14.9 Å². The summed E-state index contributed by atoms with van der Waals surface area (Å²) in [7, 11) is 0. The van der Waals surface area contributed by atoms with Gasteiger partial charge in [-0.3, -0.25) is 5.10 Å². The van der Waals surface area contributed by atoms with E-state index in [4.69, 9.17) is 0 Å². The van der Waals surface area contributed by atoms with Crippen molar-refractivity contribution in [2.45, 2.75) is 13.1 Å². The van der Waals surface area contributed by atoms with Crippen LogP contribution >= 0.6 is 27.3 Å². The van der Waals surface area contributed by atoms with E-state index in [-0.39, 0.29) is 0 Å². The average molecular weight is 348 g/mol. The van der Waals surface area contributed by atoms with Crippen molar-refractivity contribution in [2.75, 3.05) is 0 Å². The van der Waals surface area contributed by atoms with E-state index in [0.717, 1.165) is 24.3 Å². The fourth-order valence-corrected chi connectivity index (χ4v) is 3.22. The minimum Gasteiger partial charge on any atom is -0.309 e. The zero-order valence-electron chi connectivity index (χ0n) is 10.8. The van der Waals surface area contributed by atoms with E-state index in [1.807, 2.05) is 6.07 Å². The summed E-state index contributed by atoms with van der Waals surface area (Å²) in [6.45, 7) is 1.77. The molecule has 0 amide bonds. The molecule has 0 bridgehead atoms. The Kier molecular flexibility index (Phi) is 4.30. The van der Waals surface area contributed by atoms with Crippen LogP contribution in [0.5, 0.6) is 0 Å². The van der Waals surface area contributed by atoms with Gasteiger partial charge in [0.15, 0.2) is 0 Å². The van der Waals surface area contributed by atoms with E-state index < -0.39 is 0 Å². The van der Waals surface area contributed by atoms with Gasteiger partial charge in [-0.25, -0.2) is 0 Å². The molecule has 0 atom stereocenters. The van der Waals surface area contributed by atoms with E-state index >= 15 is 0 Å². The lowest BCUT2D eigenvalue weighted by Gasteiger charge is -2.05. The molecular formula is C15H14BrN3S. The first-order valence-corrected chi connectivity index (χ1v) is 8.01. The molecule has 0 aliphatic rings. The average Bonchev–Trinajstić information content (AvgIpc) is 3.11. The maximum absolute atomic E-state index is 3.97. The van der Waals surface area contributed by atoms with Gasteiger partial charge in [-0.15, -0.1) is 11.3 Å². The summed E-state index contributed by atoms with van der Waals surface area (Å²) in [5, 5.41) is 12.6. The summed E-state index contributed by atoms with van der Waals surface area (Å²) in [5.41, 5.74) is 4.80. The molecule has 5 heteroatoms. The second-order valence-corrected chi connectivity index (χ2v) is 6.82. The van der Waals surface area contributed by atoms with Gasteiger partial charge in [0.25, 0.3) is 0 Å². The highest BCUT2D eigenvalue weighted by Gasteiger charge is 2.00. The van der Waals surface area contributed by atoms with Gasteiger partial charge in [-0.05, 0) is 50.1 Å². The van der Waals surface area contributed by atoms with Crippen LogP contribution in [0.2, 0.25) is 0 Å². The molecule has 3 aromatic rings. The monoisotopic (exact) mass is 347 g/mol. The van der Waals surface area contributed by atoms with Crippen molar-refractivity contribution in [1.29, 1.82) is 0 Å². The van der Waals surface area contributed by atoms with Crippen LogP contribution in [0.3, 0.4) is 0 Å². The van der Waals surface area contributed by atoms with Crippen molar-refractivity contribution in [3.8, 4) is 11.3 Å². The molecule has 0 saturated carbocycles.